The molecule has 19 fully saturated rings. The van der Waals surface area contributed by atoms with Gasteiger partial charge in [-0.25, -0.2) is 24.0 Å². The predicted octanol–water partition coefficient (Wildman–Crippen LogP) is 7.16. The van der Waals surface area contributed by atoms with Crippen LogP contribution < -0.4 is 0 Å². The first-order chi connectivity index (χ1) is 71.0. The van der Waals surface area contributed by atoms with Gasteiger partial charge in [0.15, 0.2) is 57.5 Å². The number of carbonyl (C=O) groups excluding carboxylic acids is 21. The Morgan fingerprint density at radius 3 is 1.13 bits per heavy atom. The van der Waals surface area contributed by atoms with E-state index in [1.54, 1.807) is 55.4 Å². The van der Waals surface area contributed by atoms with Crippen molar-refractivity contribution in [2.45, 2.75) is 342 Å². The van der Waals surface area contributed by atoms with E-state index in [0.717, 1.165) is 57.8 Å². The van der Waals surface area contributed by atoms with Gasteiger partial charge in [-0.2, -0.15) is 0 Å². The Kier molecular flexibility index (Phi) is 35.7. The van der Waals surface area contributed by atoms with E-state index in [9.17, 15) is 101 Å². The van der Waals surface area contributed by atoms with Crippen LogP contribution in [0.2, 0.25) is 0 Å². The molecule has 10 saturated heterocycles. The lowest BCUT2D eigenvalue weighted by atomic mass is 9.72. The largest absolute Gasteiger partial charge is 0.469 e. The SMILES string of the molecule is CCC(C)(C)C(=O)OC1CC2CC1CC21COC(=O)C1.CCC(C)C(=O)OCC(=O)OC1C2CC3C(=O)OC1C3O2.CCC(C)C(=O)OCC(=O)OC1C2CC3C1OC(=O)C3C2C(=O)OC.CCC(C)C(=O)OCC(=O)OC1C2CC3C1OC(=O)C3C2C(=O)OC(C)(C)C.CCC(C)C(=O)OCC(=O)OC1C2CC3C1OC(=O)C3C2C(=O)OC1(CC)CCCC1.CCC(C)C(=O)OCC(=O)OC1C2OC(=O)C3C2OC1C3C(=O)OC. The highest BCUT2D eigenvalue weighted by atomic mass is 16.7. The molecule has 10 aliphatic heterocycles. The minimum atomic E-state index is -0.924. The van der Waals surface area contributed by atoms with Crippen LogP contribution in [0.1, 0.15) is 240 Å². The van der Waals surface area contributed by atoms with E-state index in [1.165, 1.54) is 14.2 Å². The van der Waals surface area contributed by atoms with Crippen LogP contribution in [-0.4, -0.2) is 282 Å². The molecule has 38 atom stereocenters. The van der Waals surface area contributed by atoms with E-state index in [-0.39, 0.29) is 119 Å². The molecule has 0 radical (unpaired) electrons. The van der Waals surface area contributed by atoms with Crippen LogP contribution in [0.15, 0.2) is 0 Å². The first-order valence-corrected chi connectivity index (χ1v) is 53.1. The van der Waals surface area contributed by atoms with Gasteiger partial charge in [0.25, 0.3) is 0 Å². The maximum absolute atomic E-state index is 13.2. The van der Waals surface area contributed by atoms with E-state index in [4.69, 9.17) is 109 Å². The maximum Gasteiger partial charge on any atom is 0.344 e. The topological polar surface area (TPSA) is 571 Å². The molecule has 12 bridgehead atoms. The molecule has 1 spiro atoms. The van der Waals surface area contributed by atoms with Crippen LogP contribution in [0, 0.1) is 141 Å². The van der Waals surface area contributed by atoms with Crippen molar-refractivity contribution in [2.24, 2.45) is 141 Å². The standard InChI is InChI=1S/C23H32O8.C20H28O8.C17H22O8.C16H20O9.C16H24O4.C14H18O7/c1-4-12(3)20(25)28-11-15(24)29-18-14-10-13-16(21(26)30-19(13)18)17(14)22(27)31-23(5-2)8-6-7-9-23;1-6-9(2)17(22)25-8-12(21)26-15-11-7-10-13(18(23)27-16(10)15)14(11)19(24)28-20(3,4)5;1-4-7(2)15(19)23-6-10(18)24-13-8-5-9-12(11(8)16(20)22-3)17(21)25-14(9)13;1-4-6(2)14(18)22-5-7(17)23-12-10-8(15(19)21-3)9-11(24-10)13(12)25-16(9)20;1-4-15(2,3)14(18)20-12-6-11-5-10(12)7-16(11)8-13(17)19-9-16;1-3-6(2)13(16)18-5-9(15)20-11-8-4-7-10(19-8)12(11)21-14(7)17/h12-14,16-19H,4-11H2,1-3H3;9-11,13-16H,6-8H2,1-5H3;7-9,11-14H,4-6H2,1-3H3;6,8-13H,4-5H2,1-3H3;10-12H,4-9H2,1-3H3;6-8,10-12H,3-5H2,1-2H3. The van der Waals surface area contributed by atoms with Gasteiger partial charge >= 0.3 is 125 Å². The number of rotatable bonds is 34. The Hall–Kier alpha value is -11.2. The third kappa shape index (κ3) is 23.3. The molecule has 10 heterocycles. The van der Waals surface area contributed by atoms with E-state index >= 15 is 0 Å². The summed E-state index contributed by atoms with van der Waals surface area (Å²) in [6, 6.07) is 0. The molecule has 832 valence electrons. The summed E-state index contributed by atoms with van der Waals surface area (Å²) in [5.74, 6) is -17.4. The summed E-state index contributed by atoms with van der Waals surface area (Å²) in [7, 11) is 2.48. The van der Waals surface area contributed by atoms with Gasteiger partial charge in [0.2, 0.25) is 0 Å². The van der Waals surface area contributed by atoms with Crippen LogP contribution in [0.5, 0.6) is 0 Å². The van der Waals surface area contributed by atoms with Crippen LogP contribution in [-0.2, 0) is 210 Å². The Labute approximate surface area is 868 Å². The van der Waals surface area contributed by atoms with E-state index in [2.05, 4.69) is 0 Å². The molecule has 0 aromatic carbocycles. The Balaban J connectivity index is 0.000000142. The molecule has 0 aromatic rings. The third-order valence-electron chi connectivity index (χ3n) is 34.6. The zero-order chi connectivity index (χ0) is 109. The summed E-state index contributed by atoms with van der Waals surface area (Å²) in [5.41, 5.74) is -1.47. The van der Waals surface area contributed by atoms with Crippen molar-refractivity contribution < 1.29 is 210 Å². The molecule has 44 heteroatoms. The van der Waals surface area contributed by atoms with Gasteiger partial charge in [0, 0.05) is 40.9 Å². The highest BCUT2D eigenvalue weighted by Crippen LogP contribution is 2.64. The minimum Gasteiger partial charge on any atom is -0.469 e. The normalized spacial score (nSPS) is 36.1. The quantitative estimate of drug-likeness (QED) is 0.0455. The fourth-order valence-electron chi connectivity index (χ4n) is 25.2. The fourth-order valence-corrected chi connectivity index (χ4v) is 25.2. The average molecular weight is 2120 g/mol. The zero-order valence-electron chi connectivity index (χ0n) is 88.5. The Morgan fingerprint density at radius 1 is 0.380 bits per heavy atom. The van der Waals surface area contributed by atoms with Gasteiger partial charge < -0.3 is 109 Å². The molecule has 38 unspecified atom stereocenters. The van der Waals surface area contributed by atoms with Crippen molar-refractivity contribution in [1.82, 2.24) is 0 Å². The predicted molar refractivity (Wildman–Crippen MR) is 499 cm³/mol. The van der Waals surface area contributed by atoms with E-state index < -0.39 is 272 Å². The molecule has 150 heavy (non-hydrogen) atoms. The van der Waals surface area contributed by atoms with Crippen LogP contribution >= 0.6 is 0 Å². The molecule has 19 rings (SSSR count). The highest BCUT2D eigenvalue weighted by molar-refractivity contribution is 5.91. The Bertz CT molecular complexity index is 5030. The average Bonchev–Trinajstić information content (AvgIpc) is 1.56. The number of carbonyl (C=O) groups is 21. The van der Waals surface area contributed by atoms with E-state index in [0.29, 0.717) is 82.7 Å². The number of ether oxygens (including phenoxy) is 23. The zero-order valence-corrected chi connectivity index (χ0v) is 88.5. The number of cyclic esters (lactones) is 1. The number of methoxy groups -OCH3 is 2. The maximum atomic E-state index is 13.2. The van der Waals surface area contributed by atoms with Crippen LogP contribution in [0.4, 0.5) is 0 Å². The van der Waals surface area contributed by atoms with Gasteiger partial charge in [-0.15, -0.1) is 0 Å². The summed E-state index contributed by atoms with van der Waals surface area (Å²) in [5, 5.41) is 0. The minimum absolute atomic E-state index is 0.0552. The number of hydrogen-bond donors (Lipinski definition) is 0. The summed E-state index contributed by atoms with van der Waals surface area (Å²) in [6.45, 7) is 29.1. The summed E-state index contributed by atoms with van der Waals surface area (Å²) < 4.78 is 122. The molecule has 19 aliphatic rings. The van der Waals surface area contributed by atoms with Crippen molar-refractivity contribution in [3.63, 3.8) is 0 Å². The smallest absolute Gasteiger partial charge is 0.344 e. The molecule has 9 aliphatic carbocycles. The number of fused-ring (bicyclic) bond motifs is 8. The lowest BCUT2D eigenvalue weighted by Gasteiger charge is -2.35. The van der Waals surface area contributed by atoms with Crippen molar-refractivity contribution >= 4 is 125 Å². The lowest BCUT2D eigenvalue weighted by molar-refractivity contribution is -0.177. The van der Waals surface area contributed by atoms with E-state index in [1.807, 2.05) is 62.3 Å². The van der Waals surface area contributed by atoms with Gasteiger partial charge in [-0.3, -0.25) is 76.7 Å². The number of hydrogen-bond acceptors (Lipinski definition) is 44. The molecule has 44 nitrogen and oxygen atoms in total. The van der Waals surface area contributed by atoms with Gasteiger partial charge in [-0.1, -0.05) is 83.1 Å². The van der Waals surface area contributed by atoms with Gasteiger partial charge in [0.05, 0.1) is 110 Å². The second-order valence-corrected chi connectivity index (χ2v) is 45.1. The lowest BCUT2D eigenvalue weighted by Crippen LogP contribution is -2.48. The van der Waals surface area contributed by atoms with Gasteiger partial charge in [-0.05, 0) is 162 Å². The second-order valence-electron chi connectivity index (χ2n) is 45.1. The monoisotopic (exact) mass is 2120 g/mol. The molecular formula is C106H144O44. The summed E-state index contributed by atoms with van der Waals surface area (Å²) in [6.07, 6.45) is 5.61. The molecule has 9 saturated carbocycles. The van der Waals surface area contributed by atoms with Crippen LogP contribution in [0.25, 0.3) is 0 Å². The number of esters is 21. The van der Waals surface area contributed by atoms with Crippen molar-refractivity contribution in [1.29, 1.82) is 0 Å². The molecule has 0 amide bonds. The third-order valence-corrected chi connectivity index (χ3v) is 34.6. The molecule has 0 N–H and O–H groups in total. The second kappa shape index (κ2) is 46.8. The fraction of sp³-hybridized carbons (Fsp3) is 0.802. The first kappa shape index (κ1) is 114. The first-order valence-electron chi connectivity index (χ1n) is 53.1. The van der Waals surface area contributed by atoms with Crippen molar-refractivity contribution in [3.05, 3.63) is 0 Å². The summed E-state index contributed by atoms with van der Waals surface area (Å²) >= 11 is 0. The summed E-state index contributed by atoms with van der Waals surface area (Å²) in [4.78, 5) is 252. The van der Waals surface area contributed by atoms with Gasteiger partial charge in [0.1, 0.15) is 84.1 Å². The highest BCUT2D eigenvalue weighted by Gasteiger charge is 2.76. The molecular weight excluding hydrogens is 1980 g/mol. The van der Waals surface area contributed by atoms with Crippen molar-refractivity contribution in [2.75, 3.05) is 53.9 Å². The van der Waals surface area contributed by atoms with Crippen molar-refractivity contribution in [3.8, 4) is 0 Å². The Morgan fingerprint density at radius 2 is 0.753 bits per heavy atom. The molecule has 0 aromatic heterocycles. The van der Waals surface area contributed by atoms with Crippen LogP contribution in [0.3, 0.4) is 0 Å².